The predicted octanol–water partition coefficient (Wildman–Crippen LogP) is 2.76. The summed E-state index contributed by atoms with van der Waals surface area (Å²) in [6.07, 6.45) is 8.43. The quantitative estimate of drug-likeness (QED) is 0.727. The third kappa shape index (κ3) is 4.78. The van der Waals surface area contributed by atoms with E-state index in [-0.39, 0.29) is 0 Å². The lowest BCUT2D eigenvalue weighted by Crippen LogP contribution is -2.13. The molecular formula is C10H19BrO2S. The maximum Gasteiger partial charge on any atom is 0.147 e. The van der Waals surface area contributed by atoms with E-state index in [0.29, 0.717) is 10.6 Å². The summed E-state index contributed by atoms with van der Waals surface area (Å²) in [7, 11) is -2.76. The molecule has 1 rings (SSSR count). The van der Waals surface area contributed by atoms with Crippen LogP contribution in [0.25, 0.3) is 0 Å². The van der Waals surface area contributed by atoms with Gasteiger partial charge >= 0.3 is 0 Å². The summed E-state index contributed by atoms with van der Waals surface area (Å²) >= 11 is 3.68. The lowest BCUT2D eigenvalue weighted by atomic mass is 10.0. The second kappa shape index (κ2) is 5.50. The summed E-state index contributed by atoms with van der Waals surface area (Å²) in [4.78, 5) is 0.534. The van der Waals surface area contributed by atoms with Crippen LogP contribution in [0.15, 0.2) is 0 Å². The molecule has 84 valence electrons. The zero-order valence-corrected chi connectivity index (χ0v) is 11.1. The molecule has 0 aromatic carbocycles. The molecule has 0 spiro atoms. The highest BCUT2D eigenvalue weighted by molar-refractivity contribution is 9.09. The van der Waals surface area contributed by atoms with E-state index in [1.807, 2.05) is 0 Å². The second-order valence-corrected chi connectivity index (χ2v) is 7.77. The first-order valence-corrected chi connectivity index (χ1v) is 8.28. The fourth-order valence-corrected chi connectivity index (χ4v) is 3.64. The lowest BCUT2D eigenvalue weighted by molar-refractivity contribution is 0.501. The maximum atomic E-state index is 10.9. The first-order valence-electron chi connectivity index (χ1n) is 5.31. The van der Waals surface area contributed by atoms with Crippen LogP contribution in [0.5, 0.6) is 0 Å². The number of sulfone groups is 1. The van der Waals surface area contributed by atoms with E-state index in [1.54, 1.807) is 0 Å². The van der Waals surface area contributed by atoms with E-state index in [2.05, 4.69) is 15.9 Å². The Morgan fingerprint density at radius 2 is 1.93 bits per heavy atom. The van der Waals surface area contributed by atoms with E-state index in [9.17, 15) is 8.42 Å². The van der Waals surface area contributed by atoms with Crippen molar-refractivity contribution >= 4 is 25.8 Å². The van der Waals surface area contributed by atoms with Gasteiger partial charge in [-0.1, -0.05) is 28.8 Å². The molecule has 0 aliphatic heterocycles. The average molecular weight is 283 g/mol. The summed E-state index contributed by atoms with van der Waals surface area (Å²) in [5.41, 5.74) is 0. The lowest BCUT2D eigenvalue weighted by Gasteiger charge is -2.16. The number of rotatable bonds is 5. The van der Waals surface area contributed by atoms with E-state index in [1.165, 1.54) is 31.9 Å². The molecule has 0 aromatic rings. The SMILES string of the molecule is CS(=O)(=O)CCCC(Br)C1CCCC1. The van der Waals surface area contributed by atoms with Crippen molar-refractivity contribution in [1.29, 1.82) is 0 Å². The van der Waals surface area contributed by atoms with Crippen LogP contribution in [0.2, 0.25) is 0 Å². The first kappa shape index (κ1) is 12.5. The third-order valence-electron chi connectivity index (χ3n) is 2.91. The first-order chi connectivity index (χ1) is 6.49. The smallest absolute Gasteiger partial charge is 0.147 e. The van der Waals surface area contributed by atoms with Gasteiger partial charge in [-0.15, -0.1) is 0 Å². The van der Waals surface area contributed by atoms with Gasteiger partial charge in [-0.25, -0.2) is 8.42 Å². The van der Waals surface area contributed by atoms with Crippen LogP contribution in [-0.2, 0) is 9.84 Å². The standard InChI is InChI=1S/C10H19BrO2S/c1-14(12,13)8-4-7-10(11)9-5-2-3-6-9/h9-10H,2-8H2,1H3. The Kier molecular flexibility index (Phi) is 4.91. The Bertz CT molecular complexity index is 255. The zero-order valence-electron chi connectivity index (χ0n) is 8.71. The molecule has 0 bridgehead atoms. The van der Waals surface area contributed by atoms with Crippen molar-refractivity contribution in [2.45, 2.75) is 43.4 Å². The van der Waals surface area contributed by atoms with E-state index in [4.69, 9.17) is 0 Å². The Labute approximate surface area is 95.5 Å². The van der Waals surface area contributed by atoms with Gasteiger partial charge in [-0.05, 0) is 31.6 Å². The van der Waals surface area contributed by atoms with Gasteiger partial charge in [0.1, 0.15) is 9.84 Å². The molecule has 1 fully saturated rings. The van der Waals surface area contributed by atoms with Crippen LogP contribution in [-0.4, -0.2) is 25.3 Å². The van der Waals surface area contributed by atoms with Crippen LogP contribution in [0.4, 0.5) is 0 Å². The van der Waals surface area contributed by atoms with Crippen LogP contribution in [0, 0.1) is 5.92 Å². The number of hydrogen-bond acceptors (Lipinski definition) is 2. The number of alkyl halides is 1. The molecular weight excluding hydrogens is 264 g/mol. The average Bonchev–Trinajstić information content (AvgIpc) is 2.53. The van der Waals surface area contributed by atoms with E-state index < -0.39 is 9.84 Å². The Balaban J connectivity index is 2.17. The van der Waals surface area contributed by atoms with Crippen molar-refractivity contribution in [3.05, 3.63) is 0 Å². The van der Waals surface area contributed by atoms with Gasteiger partial charge in [-0.3, -0.25) is 0 Å². The highest BCUT2D eigenvalue weighted by atomic mass is 79.9. The number of halogens is 1. The van der Waals surface area contributed by atoms with Crippen molar-refractivity contribution in [2.75, 3.05) is 12.0 Å². The van der Waals surface area contributed by atoms with E-state index in [0.717, 1.165) is 18.8 Å². The Hall–Kier alpha value is 0.430. The van der Waals surface area contributed by atoms with Gasteiger partial charge in [0, 0.05) is 16.8 Å². The molecule has 0 heterocycles. The van der Waals surface area contributed by atoms with Crippen LogP contribution in [0.1, 0.15) is 38.5 Å². The van der Waals surface area contributed by atoms with Crippen LogP contribution < -0.4 is 0 Å². The Morgan fingerprint density at radius 3 is 2.43 bits per heavy atom. The van der Waals surface area contributed by atoms with Crippen molar-refractivity contribution in [3.8, 4) is 0 Å². The van der Waals surface area contributed by atoms with Crippen molar-refractivity contribution in [1.82, 2.24) is 0 Å². The fraction of sp³-hybridized carbons (Fsp3) is 1.00. The van der Waals surface area contributed by atoms with Crippen LogP contribution >= 0.6 is 15.9 Å². The maximum absolute atomic E-state index is 10.9. The van der Waals surface area contributed by atoms with Crippen LogP contribution in [0.3, 0.4) is 0 Å². The summed E-state index contributed by atoms with van der Waals surface area (Å²) in [5, 5.41) is 0. The molecule has 0 saturated heterocycles. The molecule has 0 N–H and O–H groups in total. The largest absolute Gasteiger partial charge is 0.229 e. The van der Waals surface area contributed by atoms with Gasteiger partial charge in [0.05, 0.1) is 0 Å². The Morgan fingerprint density at radius 1 is 1.36 bits per heavy atom. The van der Waals surface area contributed by atoms with Crippen molar-refractivity contribution in [3.63, 3.8) is 0 Å². The number of hydrogen-bond donors (Lipinski definition) is 0. The molecule has 14 heavy (non-hydrogen) atoms. The fourth-order valence-electron chi connectivity index (χ4n) is 2.10. The monoisotopic (exact) mass is 282 g/mol. The molecule has 1 aliphatic rings. The molecule has 0 aromatic heterocycles. The van der Waals surface area contributed by atoms with E-state index >= 15 is 0 Å². The highest BCUT2D eigenvalue weighted by Gasteiger charge is 2.22. The van der Waals surface area contributed by atoms with Gasteiger partial charge in [0.25, 0.3) is 0 Å². The molecule has 2 nitrogen and oxygen atoms in total. The molecule has 0 amide bonds. The molecule has 1 atom stereocenters. The summed E-state index contributed by atoms with van der Waals surface area (Å²) in [6, 6.07) is 0. The van der Waals surface area contributed by atoms with Gasteiger partial charge in [0.2, 0.25) is 0 Å². The normalized spacial score (nSPS) is 21.3. The van der Waals surface area contributed by atoms with Gasteiger partial charge in [-0.2, -0.15) is 0 Å². The topological polar surface area (TPSA) is 34.1 Å². The highest BCUT2D eigenvalue weighted by Crippen LogP contribution is 2.33. The minimum absolute atomic E-state index is 0.335. The zero-order chi connectivity index (χ0) is 10.6. The van der Waals surface area contributed by atoms with Crippen molar-refractivity contribution in [2.24, 2.45) is 5.92 Å². The summed E-state index contributed by atoms with van der Waals surface area (Å²) < 4.78 is 21.8. The second-order valence-electron chi connectivity index (χ2n) is 4.33. The molecule has 1 aliphatic carbocycles. The molecule has 0 radical (unpaired) electrons. The predicted molar refractivity (Wildman–Crippen MR) is 63.6 cm³/mol. The minimum atomic E-state index is -2.76. The van der Waals surface area contributed by atoms with Gasteiger partial charge < -0.3 is 0 Å². The molecule has 1 saturated carbocycles. The van der Waals surface area contributed by atoms with Gasteiger partial charge in [0.15, 0.2) is 0 Å². The summed E-state index contributed by atoms with van der Waals surface area (Å²) in [5.74, 6) is 1.12. The van der Waals surface area contributed by atoms with Crippen molar-refractivity contribution < 1.29 is 8.42 Å². The molecule has 1 unspecified atom stereocenters. The third-order valence-corrected chi connectivity index (χ3v) is 5.14. The molecule has 4 heteroatoms. The summed E-state index contributed by atoms with van der Waals surface area (Å²) in [6.45, 7) is 0. The minimum Gasteiger partial charge on any atom is -0.229 e.